The Morgan fingerprint density at radius 1 is 0.968 bits per heavy atom. The molecule has 0 radical (unpaired) electrons. The van der Waals surface area contributed by atoms with Gasteiger partial charge in [0.1, 0.15) is 6.61 Å². The van der Waals surface area contributed by atoms with Crippen LogP contribution in [0.3, 0.4) is 0 Å². The number of aliphatic carboxylic acids is 1. The molecule has 0 aromatic heterocycles. The zero-order chi connectivity index (χ0) is 21.8. The Labute approximate surface area is 180 Å². The third kappa shape index (κ3) is 4.87. The van der Waals surface area contributed by atoms with Gasteiger partial charge in [0.2, 0.25) is 5.91 Å². The summed E-state index contributed by atoms with van der Waals surface area (Å²) in [4.78, 5) is 34.7. The number of carboxylic acids is 1. The number of carbonyl (C=O) groups is 3. The van der Waals surface area contributed by atoms with Gasteiger partial charge >= 0.3 is 12.1 Å². The highest BCUT2D eigenvalue weighted by atomic mass is 16.5. The first kappa shape index (κ1) is 20.9. The Kier molecular flexibility index (Phi) is 6.21. The highest BCUT2D eigenvalue weighted by Crippen LogP contribution is 2.44. The lowest BCUT2D eigenvalue weighted by molar-refractivity contribution is -0.137. The summed E-state index contributed by atoms with van der Waals surface area (Å²) in [6.45, 7) is 1.01. The minimum Gasteiger partial charge on any atom is -0.481 e. The topological polar surface area (TPSA) is 105 Å². The maximum absolute atomic E-state index is 12.2. The number of carboxylic acid groups (broad SMARTS) is 1. The number of fused-ring (bicyclic) bond motifs is 3. The van der Waals surface area contributed by atoms with E-state index in [1.54, 1.807) is 0 Å². The van der Waals surface area contributed by atoms with E-state index in [1.807, 2.05) is 24.3 Å². The molecule has 2 atom stereocenters. The summed E-state index contributed by atoms with van der Waals surface area (Å²) in [6, 6.07) is 16.4. The first-order chi connectivity index (χ1) is 15.0. The van der Waals surface area contributed by atoms with Crippen molar-refractivity contribution in [2.45, 2.75) is 25.2 Å². The second-order valence-corrected chi connectivity index (χ2v) is 8.10. The molecule has 2 aromatic carbocycles. The summed E-state index contributed by atoms with van der Waals surface area (Å²) in [7, 11) is 0. The van der Waals surface area contributed by atoms with Gasteiger partial charge in [-0.2, -0.15) is 0 Å². The van der Waals surface area contributed by atoms with Crippen LogP contribution in [0.1, 0.15) is 36.3 Å². The Morgan fingerprint density at radius 2 is 1.61 bits per heavy atom. The smallest absolute Gasteiger partial charge is 0.407 e. The van der Waals surface area contributed by atoms with Gasteiger partial charge in [-0.1, -0.05) is 48.5 Å². The number of hydrogen-bond donors (Lipinski definition) is 3. The van der Waals surface area contributed by atoms with Crippen molar-refractivity contribution in [3.8, 4) is 11.1 Å². The third-order valence-electron chi connectivity index (χ3n) is 5.98. The Bertz CT molecular complexity index is 944. The Hall–Kier alpha value is -3.35. The molecule has 7 heteroatoms. The van der Waals surface area contributed by atoms with Crippen LogP contribution in [0, 0.1) is 11.8 Å². The molecule has 31 heavy (non-hydrogen) atoms. The summed E-state index contributed by atoms with van der Waals surface area (Å²) < 4.78 is 5.51. The number of alkyl carbamates (subject to hydrolysis) is 1. The predicted octanol–water partition coefficient (Wildman–Crippen LogP) is 3.14. The molecule has 2 aliphatic rings. The maximum atomic E-state index is 12.2. The monoisotopic (exact) mass is 422 g/mol. The van der Waals surface area contributed by atoms with Crippen molar-refractivity contribution >= 4 is 18.0 Å². The van der Waals surface area contributed by atoms with E-state index >= 15 is 0 Å². The summed E-state index contributed by atoms with van der Waals surface area (Å²) >= 11 is 0. The molecule has 4 rings (SSSR count). The van der Waals surface area contributed by atoms with E-state index in [0.29, 0.717) is 25.9 Å². The van der Waals surface area contributed by atoms with Gasteiger partial charge in [-0.05, 0) is 41.0 Å². The van der Waals surface area contributed by atoms with E-state index in [0.717, 1.165) is 0 Å². The van der Waals surface area contributed by atoms with Crippen LogP contribution >= 0.6 is 0 Å². The summed E-state index contributed by atoms with van der Waals surface area (Å²) in [5, 5.41) is 14.1. The van der Waals surface area contributed by atoms with Crippen molar-refractivity contribution in [3.63, 3.8) is 0 Å². The van der Waals surface area contributed by atoms with Crippen molar-refractivity contribution in [1.29, 1.82) is 0 Å². The average molecular weight is 422 g/mol. The molecular formula is C24H26N2O5. The minimum absolute atomic E-state index is 0.0170. The van der Waals surface area contributed by atoms with Crippen LogP contribution in [-0.4, -0.2) is 42.8 Å². The lowest BCUT2D eigenvalue weighted by atomic mass is 9.98. The summed E-state index contributed by atoms with van der Waals surface area (Å²) in [5.41, 5.74) is 4.70. The second-order valence-electron chi connectivity index (χ2n) is 8.10. The van der Waals surface area contributed by atoms with Crippen LogP contribution < -0.4 is 10.6 Å². The van der Waals surface area contributed by atoms with E-state index in [9.17, 15) is 14.4 Å². The van der Waals surface area contributed by atoms with Crippen molar-refractivity contribution in [2.75, 3.05) is 19.7 Å². The zero-order valence-corrected chi connectivity index (χ0v) is 17.2. The SMILES string of the molecule is O=C(O)CCCNC(=O)[C@@H]1C[C@@H]1CNC(=O)OCC1c2ccccc2-c2ccccc21. The van der Waals surface area contributed by atoms with Gasteiger partial charge in [0.05, 0.1) is 0 Å². The largest absolute Gasteiger partial charge is 0.481 e. The number of rotatable bonds is 9. The van der Waals surface area contributed by atoms with Gasteiger partial charge in [-0.3, -0.25) is 9.59 Å². The van der Waals surface area contributed by atoms with Gasteiger partial charge < -0.3 is 20.5 Å². The van der Waals surface area contributed by atoms with Crippen molar-refractivity contribution in [1.82, 2.24) is 10.6 Å². The van der Waals surface area contributed by atoms with Crippen LogP contribution in [0.5, 0.6) is 0 Å². The van der Waals surface area contributed by atoms with Gasteiger partial charge in [-0.25, -0.2) is 4.79 Å². The number of nitrogens with one attached hydrogen (secondary N) is 2. The molecule has 0 bridgehead atoms. The summed E-state index contributed by atoms with van der Waals surface area (Å²) in [5.74, 6) is -0.961. The fourth-order valence-corrected chi connectivity index (χ4v) is 4.24. The molecule has 2 amide bonds. The maximum Gasteiger partial charge on any atom is 0.407 e. The Balaban J connectivity index is 1.21. The fourth-order valence-electron chi connectivity index (χ4n) is 4.24. The highest BCUT2D eigenvalue weighted by Gasteiger charge is 2.42. The van der Waals surface area contributed by atoms with E-state index in [4.69, 9.17) is 9.84 Å². The van der Waals surface area contributed by atoms with E-state index in [2.05, 4.69) is 34.9 Å². The lowest BCUT2D eigenvalue weighted by Crippen LogP contribution is -2.31. The van der Waals surface area contributed by atoms with Crippen molar-refractivity contribution in [2.24, 2.45) is 11.8 Å². The molecule has 162 valence electrons. The quantitative estimate of drug-likeness (QED) is 0.539. The van der Waals surface area contributed by atoms with Gasteiger partial charge in [0.15, 0.2) is 0 Å². The number of amides is 2. The van der Waals surface area contributed by atoms with Crippen LogP contribution in [0.2, 0.25) is 0 Å². The molecule has 0 unspecified atom stereocenters. The van der Waals surface area contributed by atoms with E-state index in [1.165, 1.54) is 22.3 Å². The van der Waals surface area contributed by atoms with Gasteiger partial charge in [0, 0.05) is 31.3 Å². The van der Waals surface area contributed by atoms with E-state index in [-0.39, 0.29) is 36.7 Å². The van der Waals surface area contributed by atoms with Crippen LogP contribution in [0.4, 0.5) is 4.79 Å². The molecule has 2 aliphatic carbocycles. The number of benzene rings is 2. The molecule has 7 nitrogen and oxygen atoms in total. The standard InChI is InChI=1S/C24H26N2O5/c27-22(28)10-5-11-25-23(29)20-12-15(20)13-26-24(30)31-14-21-18-8-3-1-6-16(18)17-7-2-4-9-19(17)21/h1-4,6-9,15,20-21H,5,10-14H2,(H,25,29)(H,26,30)(H,27,28)/t15-,20-/m1/s1. The lowest BCUT2D eigenvalue weighted by Gasteiger charge is -2.14. The van der Waals surface area contributed by atoms with Crippen molar-refractivity contribution in [3.05, 3.63) is 59.7 Å². The fraction of sp³-hybridized carbons (Fsp3) is 0.375. The van der Waals surface area contributed by atoms with Crippen LogP contribution in [0.25, 0.3) is 11.1 Å². The first-order valence-corrected chi connectivity index (χ1v) is 10.6. The molecule has 1 fully saturated rings. The molecular weight excluding hydrogens is 396 g/mol. The third-order valence-corrected chi connectivity index (χ3v) is 5.98. The number of hydrogen-bond acceptors (Lipinski definition) is 4. The molecule has 0 heterocycles. The van der Waals surface area contributed by atoms with E-state index < -0.39 is 12.1 Å². The van der Waals surface area contributed by atoms with Crippen LogP contribution in [-0.2, 0) is 14.3 Å². The molecule has 1 saturated carbocycles. The molecule has 3 N–H and O–H groups in total. The predicted molar refractivity (Wildman–Crippen MR) is 115 cm³/mol. The van der Waals surface area contributed by atoms with Crippen molar-refractivity contribution < 1.29 is 24.2 Å². The number of ether oxygens (including phenoxy) is 1. The molecule has 0 aliphatic heterocycles. The van der Waals surface area contributed by atoms with Gasteiger partial charge in [0.25, 0.3) is 0 Å². The molecule has 0 spiro atoms. The zero-order valence-electron chi connectivity index (χ0n) is 17.2. The molecule has 2 aromatic rings. The molecule has 0 saturated heterocycles. The average Bonchev–Trinajstić information content (AvgIpc) is 3.49. The number of carbonyl (C=O) groups excluding carboxylic acids is 2. The minimum atomic E-state index is -0.870. The summed E-state index contributed by atoms with van der Waals surface area (Å²) in [6.07, 6.45) is 0.692. The second kappa shape index (κ2) is 9.20. The van der Waals surface area contributed by atoms with Crippen LogP contribution in [0.15, 0.2) is 48.5 Å². The normalized spacial score (nSPS) is 18.6. The van der Waals surface area contributed by atoms with Gasteiger partial charge in [-0.15, -0.1) is 0 Å². The highest BCUT2D eigenvalue weighted by molar-refractivity contribution is 5.82. The Morgan fingerprint density at radius 3 is 2.26 bits per heavy atom. The first-order valence-electron chi connectivity index (χ1n) is 10.6.